The van der Waals surface area contributed by atoms with E-state index < -0.39 is 0 Å². The molecule has 3 N–H and O–H groups in total. The molecule has 0 bridgehead atoms. The minimum absolute atomic E-state index is 0. The fourth-order valence-corrected chi connectivity index (χ4v) is 4.88. The summed E-state index contributed by atoms with van der Waals surface area (Å²) >= 11 is 4.23. The van der Waals surface area contributed by atoms with Gasteiger partial charge in [0.05, 0.1) is 0 Å². The Hall–Kier alpha value is 0.440. The first-order chi connectivity index (χ1) is 12.7. The van der Waals surface area contributed by atoms with Crippen LogP contribution in [0, 0.1) is 0 Å². The fraction of sp³-hybridized carbons (Fsp3) is 1.00. The Morgan fingerprint density at radius 1 is 0.407 bits per heavy atom. The first kappa shape index (κ1) is 29.6. The number of halogens is 1. The Morgan fingerprint density at radius 2 is 0.630 bits per heavy atom. The lowest BCUT2D eigenvalue weighted by Crippen LogP contribution is -2.20. The van der Waals surface area contributed by atoms with Crippen LogP contribution in [0.15, 0.2) is 0 Å². The highest BCUT2D eigenvalue weighted by Crippen LogP contribution is 2.37. The van der Waals surface area contributed by atoms with Crippen molar-refractivity contribution in [1.82, 2.24) is 6.15 Å². The van der Waals surface area contributed by atoms with E-state index in [-0.39, 0.29) is 6.15 Å². The van der Waals surface area contributed by atoms with Crippen LogP contribution in [-0.4, -0.2) is 4.32 Å². The SMILES string of the molecule is CCCCCCCCC(Br)(CCCCCCCC)CCCCCCCC.N. The van der Waals surface area contributed by atoms with E-state index in [1.54, 1.807) is 0 Å². The third-order valence-electron chi connectivity index (χ3n) is 5.94. The van der Waals surface area contributed by atoms with Crippen LogP contribution >= 0.6 is 15.9 Å². The molecule has 27 heavy (non-hydrogen) atoms. The van der Waals surface area contributed by atoms with Crippen LogP contribution < -0.4 is 6.15 Å². The quantitative estimate of drug-likeness (QED) is 0.137. The van der Waals surface area contributed by atoms with Crippen LogP contribution in [0.3, 0.4) is 0 Å². The lowest BCUT2D eigenvalue weighted by Gasteiger charge is -2.28. The molecule has 0 amide bonds. The second-order valence-electron chi connectivity index (χ2n) is 8.70. The van der Waals surface area contributed by atoms with Gasteiger partial charge in [-0.25, -0.2) is 0 Å². The van der Waals surface area contributed by atoms with Gasteiger partial charge in [-0.15, -0.1) is 0 Å². The summed E-state index contributed by atoms with van der Waals surface area (Å²) in [6, 6.07) is 0. The van der Waals surface area contributed by atoms with E-state index in [1.165, 1.54) is 135 Å². The number of hydrogen-bond acceptors (Lipinski definition) is 1. The van der Waals surface area contributed by atoms with Gasteiger partial charge in [0.15, 0.2) is 0 Å². The molecule has 0 aliphatic heterocycles. The third-order valence-corrected chi connectivity index (χ3v) is 7.12. The number of hydrogen-bond donors (Lipinski definition) is 1. The highest BCUT2D eigenvalue weighted by atomic mass is 79.9. The van der Waals surface area contributed by atoms with Crippen molar-refractivity contribution in [2.45, 2.75) is 160 Å². The molecule has 0 spiro atoms. The zero-order valence-corrected chi connectivity index (χ0v) is 21.0. The topological polar surface area (TPSA) is 35.0 Å². The van der Waals surface area contributed by atoms with Crippen molar-refractivity contribution in [3.8, 4) is 0 Å². The normalized spacial score (nSPS) is 11.6. The van der Waals surface area contributed by atoms with Gasteiger partial charge in [0.2, 0.25) is 0 Å². The fourth-order valence-electron chi connectivity index (χ4n) is 4.04. The Balaban J connectivity index is 0. The molecule has 0 aliphatic rings. The molecule has 0 fully saturated rings. The first-order valence-corrected chi connectivity index (χ1v) is 13.2. The summed E-state index contributed by atoms with van der Waals surface area (Å²) in [6.07, 6.45) is 29.9. The molecule has 0 aliphatic carbocycles. The predicted octanol–water partition coefficient (Wildman–Crippen LogP) is 10.5. The van der Waals surface area contributed by atoms with Gasteiger partial charge in [-0.2, -0.15) is 0 Å². The summed E-state index contributed by atoms with van der Waals surface area (Å²) < 4.78 is 0.452. The van der Waals surface area contributed by atoms with Crippen LogP contribution in [0.4, 0.5) is 0 Å². The van der Waals surface area contributed by atoms with E-state index in [2.05, 4.69) is 36.7 Å². The Morgan fingerprint density at radius 3 is 0.889 bits per heavy atom. The summed E-state index contributed by atoms with van der Waals surface area (Å²) in [5.41, 5.74) is 0. The van der Waals surface area contributed by atoms with E-state index in [1.807, 2.05) is 0 Å². The van der Waals surface area contributed by atoms with Crippen molar-refractivity contribution >= 4 is 15.9 Å². The van der Waals surface area contributed by atoms with E-state index >= 15 is 0 Å². The summed E-state index contributed by atoms with van der Waals surface area (Å²) in [7, 11) is 0. The molecule has 0 rings (SSSR count). The maximum atomic E-state index is 4.23. The summed E-state index contributed by atoms with van der Waals surface area (Å²) in [5, 5.41) is 0. The van der Waals surface area contributed by atoms with Crippen molar-refractivity contribution in [3.05, 3.63) is 0 Å². The van der Waals surface area contributed by atoms with E-state index in [4.69, 9.17) is 0 Å². The van der Waals surface area contributed by atoms with Crippen molar-refractivity contribution in [3.63, 3.8) is 0 Å². The highest BCUT2D eigenvalue weighted by Gasteiger charge is 2.24. The molecule has 0 saturated heterocycles. The van der Waals surface area contributed by atoms with Crippen molar-refractivity contribution in [2.75, 3.05) is 0 Å². The lowest BCUT2D eigenvalue weighted by molar-refractivity contribution is 0.411. The molecule has 0 aromatic rings. The van der Waals surface area contributed by atoms with Gasteiger partial charge in [-0.3, -0.25) is 0 Å². The Labute approximate surface area is 182 Å². The molecule has 0 unspecified atom stereocenters. The third kappa shape index (κ3) is 21.0. The molecule has 0 aromatic carbocycles. The number of alkyl halides is 1. The average Bonchev–Trinajstić information content (AvgIpc) is 2.64. The van der Waals surface area contributed by atoms with Gasteiger partial charge >= 0.3 is 0 Å². The summed E-state index contributed by atoms with van der Waals surface area (Å²) in [5.74, 6) is 0. The number of rotatable bonds is 21. The standard InChI is InChI=1S/C25H51Br.H3N/c1-4-7-10-13-16-19-22-25(26,23-20-17-14-11-8-5-2)24-21-18-15-12-9-6-3;/h4-24H2,1-3H3;1H3. The average molecular weight is 449 g/mol. The Bertz CT molecular complexity index is 226. The van der Waals surface area contributed by atoms with Crippen molar-refractivity contribution in [2.24, 2.45) is 0 Å². The monoisotopic (exact) mass is 447 g/mol. The van der Waals surface area contributed by atoms with Gasteiger partial charge < -0.3 is 6.15 Å². The molecule has 166 valence electrons. The summed E-state index contributed by atoms with van der Waals surface area (Å²) in [6.45, 7) is 6.93. The zero-order valence-electron chi connectivity index (χ0n) is 19.4. The van der Waals surface area contributed by atoms with Gasteiger partial charge in [0.1, 0.15) is 0 Å². The van der Waals surface area contributed by atoms with Crippen LogP contribution in [-0.2, 0) is 0 Å². The molecule has 0 radical (unpaired) electrons. The Kier molecular flexibility index (Phi) is 24.9. The molecular formula is C25H54BrN. The van der Waals surface area contributed by atoms with E-state index in [9.17, 15) is 0 Å². The molecular weight excluding hydrogens is 394 g/mol. The maximum Gasteiger partial charge on any atom is 0.0258 e. The first-order valence-electron chi connectivity index (χ1n) is 12.4. The van der Waals surface area contributed by atoms with Gasteiger partial charge in [0.25, 0.3) is 0 Å². The summed E-state index contributed by atoms with van der Waals surface area (Å²) in [4.78, 5) is 0. The minimum Gasteiger partial charge on any atom is -0.344 e. The molecule has 1 nitrogen and oxygen atoms in total. The molecule has 0 heterocycles. The smallest absolute Gasteiger partial charge is 0.0258 e. The second-order valence-corrected chi connectivity index (χ2v) is 10.4. The minimum atomic E-state index is 0. The van der Waals surface area contributed by atoms with E-state index in [0.29, 0.717) is 4.32 Å². The number of unbranched alkanes of at least 4 members (excludes halogenated alkanes) is 15. The van der Waals surface area contributed by atoms with Crippen LogP contribution in [0.25, 0.3) is 0 Å². The van der Waals surface area contributed by atoms with Crippen LogP contribution in [0.1, 0.15) is 156 Å². The largest absolute Gasteiger partial charge is 0.344 e. The second kappa shape index (κ2) is 22.7. The van der Waals surface area contributed by atoms with Gasteiger partial charge in [-0.05, 0) is 19.3 Å². The zero-order chi connectivity index (χ0) is 19.3. The van der Waals surface area contributed by atoms with Gasteiger partial charge in [-0.1, -0.05) is 152 Å². The molecule has 2 heteroatoms. The van der Waals surface area contributed by atoms with Crippen LogP contribution in [0.5, 0.6) is 0 Å². The van der Waals surface area contributed by atoms with Crippen LogP contribution in [0.2, 0.25) is 0 Å². The van der Waals surface area contributed by atoms with Gasteiger partial charge in [0, 0.05) is 4.32 Å². The molecule has 0 atom stereocenters. The molecule has 0 aromatic heterocycles. The van der Waals surface area contributed by atoms with E-state index in [0.717, 1.165) is 0 Å². The highest BCUT2D eigenvalue weighted by molar-refractivity contribution is 9.10. The lowest BCUT2D eigenvalue weighted by atomic mass is 9.89. The maximum absolute atomic E-state index is 4.23. The predicted molar refractivity (Wildman–Crippen MR) is 131 cm³/mol. The van der Waals surface area contributed by atoms with Crippen molar-refractivity contribution in [1.29, 1.82) is 0 Å². The molecule has 0 saturated carbocycles. The van der Waals surface area contributed by atoms with Crippen molar-refractivity contribution < 1.29 is 0 Å².